The van der Waals surface area contributed by atoms with Gasteiger partial charge < -0.3 is 11.1 Å². The number of nitrogens with two attached hydrogens (primary N) is 1. The number of rotatable bonds is 3. The molecule has 2 aliphatic rings. The minimum atomic E-state index is -0.383. The molecule has 0 radical (unpaired) electrons. The van der Waals surface area contributed by atoms with Crippen molar-refractivity contribution in [1.29, 1.82) is 0 Å². The van der Waals surface area contributed by atoms with Crippen molar-refractivity contribution in [2.45, 2.75) is 52.0 Å². The summed E-state index contributed by atoms with van der Waals surface area (Å²) in [5, 5.41) is 8.32. The maximum atomic E-state index is 14.0. The number of nitrogens with one attached hydrogen (secondary N) is 1. The van der Waals surface area contributed by atoms with Crippen molar-refractivity contribution < 1.29 is 9.18 Å². The lowest BCUT2D eigenvalue weighted by molar-refractivity contribution is -0.116. The zero-order valence-electron chi connectivity index (χ0n) is 17.2. The second-order valence-corrected chi connectivity index (χ2v) is 8.72. The summed E-state index contributed by atoms with van der Waals surface area (Å²) in [6.45, 7) is 4.81. The first-order valence-electron chi connectivity index (χ1n) is 10.6. The molecule has 30 heavy (non-hydrogen) atoms. The molecule has 0 saturated heterocycles. The van der Waals surface area contributed by atoms with Crippen molar-refractivity contribution in [2.24, 2.45) is 11.8 Å². The predicted molar refractivity (Wildman–Crippen MR) is 113 cm³/mol. The number of carbonyl (C=O) groups excluding carboxylic acids is 1. The highest BCUT2D eigenvalue weighted by Gasteiger charge is 2.32. The molecule has 3 N–H and O–H groups in total. The molecule has 156 valence electrons. The fraction of sp³-hybridized carbons (Fsp3) is 0.455. The van der Waals surface area contributed by atoms with Gasteiger partial charge in [0.1, 0.15) is 23.1 Å². The van der Waals surface area contributed by atoms with Gasteiger partial charge in [0.2, 0.25) is 5.91 Å². The van der Waals surface area contributed by atoms with Crippen LogP contribution in [-0.2, 0) is 11.3 Å². The van der Waals surface area contributed by atoms with E-state index in [4.69, 9.17) is 10.8 Å². The van der Waals surface area contributed by atoms with Gasteiger partial charge in [-0.25, -0.2) is 14.4 Å². The van der Waals surface area contributed by atoms with Crippen LogP contribution in [0.25, 0.3) is 22.4 Å². The number of nitrogens with zero attached hydrogens (tertiary/aromatic N) is 4. The van der Waals surface area contributed by atoms with Crippen LogP contribution in [0, 0.1) is 17.7 Å². The van der Waals surface area contributed by atoms with Crippen LogP contribution in [0.15, 0.2) is 18.2 Å². The Bertz CT molecular complexity index is 1150. The Morgan fingerprint density at radius 1 is 1.20 bits per heavy atom. The van der Waals surface area contributed by atoms with E-state index < -0.39 is 0 Å². The molecule has 2 aromatic heterocycles. The van der Waals surface area contributed by atoms with Crippen LogP contribution in [0.4, 0.5) is 16.0 Å². The topological polar surface area (TPSA) is 98.7 Å². The van der Waals surface area contributed by atoms with Crippen molar-refractivity contribution in [1.82, 2.24) is 19.7 Å². The summed E-state index contributed by atoms with van der Waals surface area (Å²) in [6, 6.07) is 4.64. The lowest BCUT2D eigenvalue weighted by Gasteiger charge is -2.26. The van der Waals surface area contributed by atoms with E-state index in [1.165, 1.54) is 25.0 Å². The Morgan fingerprint density at radius 3 is 2.73 bits per heavy atom. The normalized spacial score (nSPS) is 23.6. The third-order valence-corrected chi connectivity index (χ3v) is 6.54. The van der Waals surface area contributed by atoms with Gasteiger partial charge in [0.05, 0.1) is 11.4 Å². The Balaban J connectivity index is 1.58. The number of aromatic nitrogens is 4. The largest absolute Gasteiger partial charge is 0.383 e. The zero-order chi connectivity index (χ0) is 21.0. The number of benzene rings is 1. The molecule has 7 nitrogen and oxygen atoms in total. The van der Waals surface area contributed by atoms with Crippen LogP contribution in [-0.4, -0.2) is 25.7 Å². The lowest BCUT2D eigenvalue weighted by atomic mass is 9.83. The van der Waals surface area contributed by atoms with E-state index in [1.54, 1.807) is 13.0 Å². The summed E-state index contributed by atoms with van der Waals surface area (Å²) in [6.07, 6.45) is 4.74. The summed E-state index contributed by atoms with van der Waals surface area (Å²) in [5.74, 6) is 1.50. The number of carbonyl (C=O) groups is 1. The minimum absolute atomic E-state index is 0.146. The Morgan fingerprint density at radius 2 is 1.97 bits per heavy atom. The number of amides is 1. The first-order valence-corrected chi connectivity index (χ1v) is 10.6. The van der Waals surface area contributed by atoms with Crippen molar-refractivity contribution in [3.8, 4) is 11.5 Å². The van der Waals surface area contributed by atoms with E-state index in [-0.39, 0.29) is 23.5 Å². The highest BCUT2D eigenvalue weighted by molar-refractivity contribution is 6.03. The maximum absolute atomic E-state index is 14.0. The van der Waals surface area contributed by atoms with Gasteiger partial charge in [0, 0.05) is 17.5 Å². The van der Waals surface area contributed by atoms with Crippen LogP contribution >= 0.6 is 0 Å². The summed E-state index contributed by atoms with van der Waals surface area (Å²) >= 11 is 0. The van der Waals surface area contributed by atoms with Gasteiger partial charge in [-0.1, -0.05) is 19.8 Å². The second kappa shape index (κ2) is 7.04. The Hall–Kier alpha value is -3.03. The fourth-order valence-corrected chi connectivity index (χ4v) is 4.68. The van der Waals surface area contributed by atoms with Crippen molar-refractivity contribution >= 4 is 28.4 Å². The van der Waals surface area contributed by atoms with Crippen LogP contribution in [0.1, 0.15) is 51.0 Å². The lowest BCUT2D eigenvalue weighted by Crippen LogP contribution is -2.18. The number of halogens is 1. The first kappa shape index (κ1) is 19.0. The summed E-state index contributed by atoms with van der Waals surface area (Å²) < 4.78 is 15.9. The van der Waals surface area contributed by atoms with Gasteiger partial charge in [-0.2, -0.15) is 5.10 Å². The van der Waals surface area contributed by atoms with Crippen molar-refractivity contribution in [2.75, 3.05) is 11.1 Å². The molecule has 1 aromatic carbocycles. The summed E-state index contributed by atoms with van der Waals surface area (Å²) in [7, 11) is 0. The number of fused-ring (bicyclic) bond motifs is 2. The maximum Gasteiger partial charge on any atom is 0.233 e. The second-order valence-electron chi connectivity index (χ2n) is 8.72. The van der Waals surface area contributed by atoms with E-state index in [1.807, 2.05) is 4.68 Å². The van der Waals surface area contributed by atoms with Gasteiger partial charge in [-0.05, 0) is 49.8 Å². The molecule has 0 bridgehead atoms. The Labute approximate surface area is 173 Å². The molecule has 8 heteroatoms. The van der Waals surface area contributed by atoms with Crippen LogP contribution in [0.3, 0.4) is 0 Å². The quantitative estimate of drug-likeness (QED) is 0.680. The van der Waals surface area contributed by atoms with Gasteiger partial charge in [-0.15, -0.1) is 0 Å². The third-order valence-electron chi connectivity index (χ3n) is 6.54. The third kappa shape index (κ3) is 3.11. The molecule has 1 aliphatic carbocycles. The van der Waals surface area contributed by atoms with Gasteiger partial charge >= 0.3 is 0 Å². The van der Waals surface area contributed by atoms with Crippen LogP contribution < -0.4 is 11.1 Å². The standard InChI is InChI=1S/C22H25FN6O/c1-11-3-5-13(6-4-11)10-29-16-9-14(23)7-8-15(16)18(28-29)21-25-19(24)17-12(2)22(30)27-20(17)26-21/h7-9,11-13H,3-6,10H2,1-2H3,(H3,24,25,26,27,30)/t11?,12-,13?/m1/s1. The highest BCUT2D eigenvalue weighted by Crippen LogP contribution is 2.37. The van der Waals surface area contributed by atoms with Gasteiger partial charge in [0.25, 0.3) is 0 Å². The molecule has 3 heterocycles. The van der Waals surface area contributed by atoms with E-state index >= 15 is 0 Å². The molecular formula is C22H25FN6O. The van der Waals surface area contributed by atoms with Crippen molar-refractivity contribution in [3.05, 3.63) is 29.6 Å². The highest BCUT2D eigenvalue weighted by atomic mass is 19.1. The molecule has 1 amide bonds. The number of anilines is 2. The smallest absolute Gasteiger partial charge is 0.233 e. The minimum Gasteiger partial charge on any atom is -0.383 e. The summed E-state index contributed by atoms with van der Waals surface area (Å²) in [5.41, 5.74) is 8.06. The summed E-state index contributed by atoms with van der Waals surface area (Å²) in [4.78, 5) is 21.0. The van der Waals surface area contributed by atoms with E-state index in [9.17, 15) is 9.18 Å². The van der Waals surface area contributed by atoms with Gasteiger partial charge in [0.15, 0.2) is 5.82 Å². The molecule has 0 unspecified atom stereocenters. The van der Waals surface area contributed by atoms with Crippen molar-refractivity contribution in [3.63, 3.8) is 0 Å². The molecule has 1 saturated carbocycles. The number of nitrogen functional groups attached to an aromatic ring is 1. The molecule has 1 fully saturated rings. The molecule has 1 atom stereocenters. The van der Waals surface area contributed by atoms with E-state index in [2.05, 4.69) is 22.2 Å². The Kier molecular flexibility index (Phi) is 4.45. The van der Waals surface area contributed by atoms with Crippen LogP contribution in [0.5, 0.6) is 0 Å². The number of hydrogen-bond donors (Lipinski definition) is 2. The monoisotopic (exact) mass is 408 g/mol. The zero-order valence-corrected chi connectivity index (χ0v) is 17.2. The SMILES string of the molecule is CC1CCC(Cn2nc(-c3nc(N)c4c(n3)NC(=O)[C@@H]4C)c3ccc(F)cc32)CC1. The first-order chi connectivity index (χ1) is 14.4. The molecular weight excluding hydrogens is 383 g/mol. The van der Waals surface area contributed by atoms with E-state index in [0.29, 0.717) is 28.8 Å². The fourth-order valence-electron chi connectivity index (χ4n) is 4.68. The predicted octanol–water partition coefficient (Wildman–Crippen LogP) is 4.10. The average molecular weight is 408 g/mol. The molecule has 3 aromatic rings. The van der Waals surface area contributed by atoms with Gasteiger partial charge in [-0.3, -0.25) is 9.48 Å². The average Bonchev–Trinajstić information content (AvgIpc) is 3.21. The molecule has 1 aliphatic heterocycles. The van der Waals surface area contributed by atoms with E-state index in [0.717, 1.165) is 36.2 Å². The number of hydrogen-bond acceptors (Lipinski definition) is 5. The molecule has 5 rings (SSSR count). The molecule has 0 spiro atoms. The van der Waals surface area contributed by atoms with Crippen LogP contribution in [0.2, 0.25) is 0 Å².